The number of hydrogen-bond donors (Lipinski definition) is 2. The Labute approximate surface area is 125 Å². The lowest BCUT2D eigenvalue weighted by Gasteiger charge is -2.16. The first-order valence-electron chi connectivity index (χ1n) is 8.16. The maximum absolute atomic E-state index is 12.4. The summed E-state index contributed by atoms with van der Waals surface area (Å²) in [5.41, 5.74) is 2.25. The van der Waals surface area contributed by atoms with Crippen LogP contribution in [0.5, 0.6) is 0 Å². The topological polar surface area (TPSA) is 44.4 Å². The summed E-state index contributed by atoms with van der Waals surface area (Å²) in [6.45, 7) is 3.95. The van der Waals surface area contributed by atoms with Gasteiger partial charge in [-0.15, -0.1) is 0 Å². The highest BCUT2D eigenvalue weighted by molar-refractivity contribution is 5.88. The van der Waals surface area contributed by atoms with E-state index in [1.165, 1.54) is 32.4 Å². The number of nitrogens with zero attached hydrogens (tertiary/aromatic N) is 1. The Bertz CT molecular complexity index is 541. The number of rotatable bonds is 4. The number of anilines is 1. The van der Waals surface area contributed by atoms with Gasteiger partial charge in [-0.1, -0.05) is 18.2 Å². The van der Waals surface area contributed by atoms with Crippen molar-refractivity contribution in [3.8, 4) is 0 Å². The fraction of sp³-hybridized carbons (Fsp3) is 0.588. The minimum absolute atomic E-state index is 0.0258. The molecule has 21 heavy (non-hydrogen) atoms. The van der Waals surface area contributed by atoms with Crippen LogP contribution in [0.2, 0.25) is 0 Å². The molecule has 112 valence electrons. The second kappa shape index (κ2) is 5.34. The minimum atomic E-state index is -0.0258. The Kier molecular flexibility index (Phi) is 3.34. The van der Waals surface area contributed by atoms with E-state index >= 15 is 0 Å². The van der Waals surface area contributed by atoms with Gasteiger partial charge in [0, 0.05) is 31.4 Å². The maximum atomic E-state index is 12.4. The number of amides is 1. The summed E-state index contributed by atoms with van der Waals surface area (Å²) < 4.78 is 0. The molecule has 1 saturated carbocycles. The molecular formula is C17H23N3O. The Morgan fingerprint density at radius 3 is 3.00 bits per heavy atom. The summed E-state index contributed by atoms with van der Waals surface area (Å²) in [7, 11) is 0. The third-order valence-electron chi connectivity index (χ3n) is 5.09. The number of hydrogen-bond acceptors (Lipinski definition) is 3. The predicted octanol–water partition coefficient (Wildman–Crippen LogP) is 1.80. The van der Waals surface area contributed by atoms with Crippen LogP contribution in [0.3, 0.4) is 0 Å². The fourth-order valence-corrected chi connectivity index (χ4v) is 3.69. The van der Waals surface area contributed by atoms with E-state index in [-0.39, 0.29) is 11.8 Å². The van der Waals surface area contributed by atoms with Gasteiger partial charge >= 0.3 is 0 Å². The van der Waals surface area contributed by atoms with Crippen LogP contribution in [-0.2, 0) is 4.79 Å². The lowest BCUT2D eigenvalue weighted by Crippen LogP contribution is -2.35. The van der Waals surface area contributed by atoms with Gasteiger partial charge in [-0.05, 0) is 43.4 Å². The predicted molar refractivity (Wildman–Crippen MR) is 83.4 cm³/mol. The second-order valence-electron chi connectivity index (χ2n) is 6.65. The lowest BCUT2D eigenvalue weighted by molar-refractivity contribution is -0.122. The van der Waals surface area contributed by atoms with Crippen molar-refractivity contribution >= 4 is 11.6 Å². The first-order valence-corrected chi connectivity index (χ1v) is 8.16. The molecule has 0 aromatic heterocycles. The molecule has 2 N–H and O–H groups in total. The molecule has 2 unspecified atom stereocenters. The van der Waals surface area contributed by atoms with Crippen LogP contribution in [0, 0.1) is 5.92 Å². The van der Waals surface area contributed by atoms with E-state index in [1.807, 2.05) is 18.2 Å². The zero-order valence-electron chi connectivity index (χ0n) is 12.3. The summed E-state index contributed by atoms with van der Waals surface area (Å²) in [6.07, 6.45) is 3.99. The first kappa shape index (κ1) is 13.1. The largest absolute Gasteiger partial charge is 0.384 e. The highest BCUT2D eigenvalue weighted by atomic mass is 16.1. The number of nitrogens with one attached hydrogen (secondary N) is 2. The van der Waals surface area contributed by atoms with Gasteiger partial charge in [0.2, 0.25) is 5.91 Å². The highest BCUT2D eigenvalue weighted by Gasteiger charge is 2.35. The molecule has 1 aliphatic carbocycles. The molecule has 2 heterocycles. The monoisotopic (exact) mass is 285 g/mol. The Morgan fingerprint density at radius 2 is 2.14 bits per heavy atom. The number of fused-ring (bicyclic) bond motifs is 1. The number of carbonyl (C=O) groups is 1. The molecule has 4 rings (SSSR count). The maximum Gasteiger partial charge on any atom is 0.229 e. The molecular weight excluding hydrogens is 262 g/mol. The summed E-state index contributed by atoms with van der Waals surface area (Å²) in [5, 5.41) is 6.50. The average molecular weight is 285 g/mol. The van der Waals surface area contributed by atoms with Crippen molar-refractivity contribution in [1.82, 2.24) is 10.2 Å². The van der Waals surface area contributed by atoms with E-state index in [0.717, 1.165) is 30.4 Å². The molecule has 1 saturated heterocycles. The summed E-state index contributed by atoms with van der Waals surface area (Å²) >= 11 is 0. The van der Waals surface area contributed by atoms with Crippen LogP contribution in [0.25, 0.3) is 0 Å². The van der Waals surface area contributed by atoms with Gasteiger partial charge < -0.3 is 15.5 Å². The molecule has 3 aliphatic rings. The van der Waals surface area contributed by atoms with Crippen molar-refractivity contribution in [2.24, 2.45) is 5.92 Å². The zero-order chi connectivity index (χ0) is 14.2. The standard InChI is InChI=1S/C17H23N3O/c21-17(15-10-18-16-4-2-1-3-14(15)16)19-9-12-7-8-20(11-12)13-5-6-13/h1-4,12-13,15,18H,5-11H2,(H,19,21). The molecule has 4 heteroatoms. The number of benzene rings is 1. The molecule has 0 radical (unpaired) electrons. The highest BCUT2D eigenvalue weighted by Crippen LogP contribution is 2.32. The Morgan fingerprint density at radius 1 is 1.29 bits per heavy atom. The van der Waals surface area contributed by atoms with Crippen molar-refractivity contribution < 1.29 is 4.79 Å². The van der Waals surface area contributed by atoms with E-state index in [2.05, 4.69) is 21.6 Å². The van der Waals surface area contributed by atoms with E-state index in [4.69, 9.17) is 0 Å². The van der Waals surface area contributed by atoms with Crippen molar-refractivity contribution in [2.75, 3.05) is 31.5 Å². The molecule has 4 nitrogen and oxygen atoms in total. The number of para-hydroxylation sites is 1. The summed E-state index contributed by atoms with van der Waals surface area (Å²) in [4.78, 5) is 15.0. The van der Waals surface area contributed by atoms with Crippen LogP contribution in [0.4, 0.5) is 5.69 Å². The van der Waals surface area contributed by atoms with Crippen LogP contribution in [-0.4, -0.2) is 43.0 Å². The molecule has 1 aromatic rings. The fourth-order valence-electron chi connectivity index (χ4n) is 3.69. The van der Waals surface area contributed by atoms with Crippen LogP contribution in [0.15, 0.2) is 24.3 Å². The van der Waals surface area contributed by atoms with Gasteiger partial charge in [-0.25, -0.2) is 0 Å². The van der Waals surface area contributed by atoms with Crippen LogP contribution < -0.4 is 10.6 Å². The van der Waals surface area contributed by atoms with Gasteiger partial charge in [-0.2, -0.15) is 0 Å². The van der Waals surface area contributed by atoms with Gasteiger partial charge in [-0.3, -0.25) is 4.79 Å². The molecule has 0 bridgehead atoms. The minimum Gasteiger partial charge on any atom is -0.384 e. The van der Waals surface area contributed by atoms with Gasteiger partial charge in [0.05, 0.1) is 5.92 Å². The van der Waals surface area contributed by atoms with Crippen molar-refractivity contribution in [2.45, 2.75) is 31.2 Å². The third-order valence-corrected chi connectivity index (χ3v) is 5.09. The van der Waals surface area contributed by atoms with Gasteiger partial charge in [0.1, 0.15) is 0 Å². The normalized spacial score (nSPS) is 28.2. The number of carbonyl (C=O) groups excluding carboxylic acids is 1. The molecule has 2 atom stereocenters. The third kappa shape index (κ3) is 2.64. The summed E-state index contributed by atoms with van der Waals surface area (Å²) in [5.74, 6) is 0.790. The molecule has 2 fully saturated rings. The van der Waals surface area contributed by atoms with Crippen molar-refractivity contribution in [3.05, 3.63) is 29.8 Å². The average Bonchev–Trinajstić information content (AvgIpc) is 3.10. The quantitative estimate of drug-likeness (QED) is 0.886. The first-order chi connectivity index (χ1) is 10.3. The van der Waals surface area contributed by atoms with E-state index < -0.39 is 0 Å². The molecule has 1 amide bonds. The van der Waals surface area contributed by atoms with Gasteiger partial charge in [0.15, 0.2) is 0 Å². The van der Waals surface area contributed by atoms with E-state index in [9.17, 15) is 4.79 Å². The Hall–Kier alpha value is -1.55. The Balaban J connectivity index is 1.31. The molecule has 0 spiro atoms. The smallest absolute Gasteiger partial charge is 0.229 e. The van der Waals surface area contributed by atoms with Crippen LogP contribution in [0.1, 0.15) is 30.7 Å². The molecule has 2 aliphatic heterocycles. The van der Waals surface area contributed by atoms with Crippen molar-refractivity contribution in [3.63, 3.8) is 0 Å². The van der Waals surface area contributed by atoms with Crippen LogP contribution >= 0.6 is 0 Å². The lowest BCUT2D eigenvalue weighted by atomic mass is 10.00. The zero-order valence-corrected chi connectivity index (χ0v) is 12.3. The second-order valence-corrected chi connectivity index (χ2v) is 6.65. The van der Waals surface area contributed by atoms with E-state index in [1.54, 1.807) is 0 Å². The van der Waals surface area contributed by atoms with E-state index in [0.29, 0.717) is 5.92 Å². The summed E-state index contributed by atoms with van der Waals surface area (Å²) in [6, 6.07) is 8.99. The van der Waals surface area contributed by atoms with Gasteiger partial charge in [0.25, 0.3) is 0 Å². The SMILES string of the molecule is O=C(NCC1CCN(C2CC2)C1)C1CNc2ccccc21. The van der Waals surface area contributed by atoms with Crippen molar-refractivity contribution in [1.29, 1.82) is 0 Å². The number of likely N-dealkylation sites (tertiary alicyclic amines) is 1. The molecule has 1 aromatic carbocycles.